The van der Waals surface area contributed by atoms with Crippen LogP contribution in [0.25, 0.3) is 0 Å². The molecule has 5 heteroatoms. The van der Waals surface area contributed by atoms with Crippen LogP contribution in [0.1, 0.15) is 6.92 Å². The highest BCUT2D eigenvalue weighted by Gasteiger charge is 2.16. The van der Waals surface area contributed by atoms with Crippen molar-refractivity contribution >= 4 is 39.3 Å². The number of hydrogen-bond acceptors (Lipinski definition) is 2. The number of thioether (sulfide) groups is 1. The summed E-state index contributed by atoms with van der Waals surface area (Å²) in [4.78, 5) is 12.5. The standard InChI is InChI=1S/C15H13BrFNOS/c1-10(20-14-5-3-2-4-13(14)17)15(19)18-12-8-6-11(16)7-9-12/h2-10H,1H3,(H,18,19)/t10-/m0/s1. The summed E-state index contributed by atoms with van der Waals surface area (Å²) < 4.78 is 14.5. The predicted octanol–water partition coefficient (Wildman–Crippen LogP) is 4.71. The van der Waals surface area contributed by atoms with E-state index < -0.39 is 0 Å². The average Bonchev–Trinajstić information content (AvgIpc) is 2.44. The predicted molar refractivity (Wildman–Crippen MR) is 84.5 cm³/mol. The van der Waals surface area contributed by atoms with Gasteiger partial charge in [-0.05, 0) is 43.3 Å². The van der Waals surface area contributed by atoms with Crippen LogP contribution in [-0.2, 0) is 4.79 Å². The van der Waals surface area contributed by atoms with Gasteiger partial charge in [0.25, 0.3) is 0 Å². The fourth-order valence-electron chi connectivity index (χ4n) is 1.56. The molecule has 2 aromatic rings. The fourth-order valence-corrected chi connectivity index (χ4v) is 2.71. The first-order valence-corrected chi connectivity index (χ1v) is 7.71. The number of benzene rings is 2. The van der Waals surface area contributed by atoms with Gasteiger partial charge in [0, 0.05) is 15.1 Å². The Morgan fingerprint density at radius 3 is 2.50 bits per heavy atom. The van der Waals surface area contributed by atoms with Crippen LogP contribution in [-0.4, -0.2) is 11.2 Å². The van der Waals surface area contributed by atoms with Crippen molar-refractivity contribution in [1.29, 1.82) is 0 Å². The number of carbonyl (C=O) groups excluding carboxylic acids is 1. The number of hydrogen-bond donors (Lipinski definition) is 1. The van der Waals surface area contributed by atoms with E-state index in [1.54, 1.807) is 25.1 Å². The van der Waals surface area contributed by atoms with Gasteiger partial charge in [-0.3, -0.25) is 4.79 Å². The van der Waals surface area contributed by atoms with Gasteiger partial charge in [-0.1, -0.05) is 28.1 Å². The van der Waals surface area contributed by atoms with Crippen LogP contribution in [0, 0.1) is 5.82 Å². The Morgan fingerprint density at radius 2 is 1.85 bits per heavy atom. The number of nitrogens with one attached hydrogen (secondary N) is 1. The quantitative estimate of drug-likeness (QED) is 0.806. The van der Waals surface area contributed by atoms with Crippen molar-refractivity contribution in [1.82, 2.24) is 0 Å². The van der Waals surface area contributed by atoms with Crippen LogP contribution < -0.4 is 5.32 Å². The summed E-state index contributed by atoms with van der Waals surface area (Å²) in [5.41, 5.74) is 0.721. The molecule has 20 heavy (non-hydrogen) atoms. The second-order valence-electron chi connectivity index (χ2n) is 4.19. The van der Waals surface area contributed by atoms with Crippen molar-refractivity contribution < 1.29 is 9.18 Å². The summed E-state index contributed by atoms with van der Waals surface area (Å²) in [6, 6.07) is 13.8. The van der Waals surface area contributed by atoms with Crippen molar-refractivity contribution in [3.05, 3.63) is 58.8 Å². The van der Waals surface area contributed by atoms with E-state index >= 15 is 0 Å². The lowest BCUT2D eigenvalue weighted by Gasteiger charge is -2.12. The molecule has 0 saturated carbocycles. The molecule has 0 fully saturated rings. The third kappa shape index (κ3) is 4.08. The molecule has 0 bridgehead atoms. The van der Waals surface area contributed by atoms with E-state index in [2.05, 4.69) is 21.2 Å². The molecule has 0 aromatic heterocycles. The zero-order valence-electron chi connectivity index (χ0n) is 10.8. The normalized spacial score (nSPS) is 11.9. The highest BCUT2D eigenvalue weighted by molar-refractivity contribution is 9.10. The highest BCUT2D eigenvalue weighted by Crippen LogP contribution is 2.26. The van der Waals surface area contributed by atoms with Crippen LogP contribution >= 0.6 is 27.7 Å². The first kappa shape index (κ1) is 15.1. The van der Waals surface area contributed by atoms with Crippen LogP contribution in [0.5, 0.6) is 0 Å². The summed E-state index contributed by atoms with van der Waals surface area (Å²) in [5.74, 6) is -0.457. The SMILES string of the molecule is C[C@H](Sc1ccccc1F)C(=O)Nc1ccc(Br)cc1. The molecule has 2 nitrogen and oxygen atoms in total. The van der Waals surface area contributed by atoms with Crippen LogP contribution in [0.4, 0.5) is 10.1 Å². The summed E-state index contributed by atoms with van der Waals surface area (Å²) in [6.07, 6.45) is 0. The second kappa shape index (κ2) is 6.90. The first-order valence-electron chi connectivity index (χ1n) is 6.04. The van der Waals surface area contributed by atoms with E-state index in [1.165, 1.54) is 17.8 Å². The van der Waals surface area contributed by atoms with Crippen LogP contribution in [0.15, 0.2) is 57.9 Å². The van der Waals surface area contributed by atoms with E-state index in [0.29, 0.717) is 4.90 Å². The van der Waals surface area contributed by atoms with E-state index in [0.717, 1.165) is 10.2 Å². The summed E-state index contributed by atoms with van der Waals surface area (Å²) in [7, 11) is 0. The molecule has 1 amide bonds. The number of rotatable bonds is 4. The fraction of sp³-hybridized carbons (Fsp3) is 0.133. The third-order valence-electron chi connectivity index (χ3n) is 2.62. The summed E-state index contributed by atoms with van der Waals surface area (Å²) in [6.45, 7) is 1.76. The Hall–Kier alpha value is -1.33. The molecule has 104 valence electrons. The molecule has 2 aromatic carbocycles. The molecule has 0 saturated heterocycles. The first-order chi connectivity index (χ1) is 9.56. The topological polar surface area (TPSA) is 29.1 Å². The maximum absolute atomic E-state index is 13.5. The summed E-state index contributed by atoms with van der Waals surface area (Å²) >= 11 is 4.54. The monoisotopic (exact) mass is 353 g/mol. The summed E-state index contributed by atoms with van der Waals surface area (Å²) in [5, 5.41) is 2.43. The maximum atomic E-state index is 13.5. The molecule has 0 unspecified atom stereocenters. The molecule has 0 heterocycles. The lowest BCUT2D eigenvalue weighted by molar-refractivity contribution is -0.115. The minimum Gasteiger partial charge on any atom is -0.325 e. The van der Waals surface area contributed by atoms with Gasteiger partial charge >= 0.3 is 0 Å². The zero-order chi connectivity index (χ0) is 14.5. The van der Waals surface area contributed by atoms with E-state index in [9.17, 15) is 9.18 Å². The average molecular weight is 354 g/mol. The van der Waals surface area contributed by atoms with Gasteiger partial charge in [0.1, 0.15) is 5.82 Å². The van der Waals surface area contributed by atoms with Crippen molar-refractivity contribution in [2.24, 2.45) is 0 Å². The Kier molecular flexibility index (Phi) is 5.20. The smallest absolute Gasteiger partial charge is 0.237 e. The number of carbonyl (C=O) groups is 1. The highest BCUT2D eigenvalue weighted by atomic mass is 79.9. The molecule has 1 N–H and O–H groups in total. The molecule has 0 aliphatic heterocycles. The minimum absolute atomic E-state index is 0.152. The second-order valence-corrected chi connectivity index (χ2v) is 6.48. The Labute approximate surface area is 129 Å². The number of anilines is 1. The van der Waals surface area contributed by atoms with Gasteiger partial charge in [-0.2, -0.15) is 0 Å². The molecule has 2 rings (SSSR count). The Bertz CT molecular complexity index is 603. The molecule has 0 aliphatic carbocycles. The van der Waals surface area contributed by atoms with Crippen molar-refractivity contribution in [2.45, 2.75) is 17.1 Å². The van der Waals surface area contributed by atoms with Crippen molar-refractivity contribution in [3.63, 3.8) is 0 Å². The molecule has 0 spiro atoms. The minimum atomic E-state index is -0.379. The van der Waals surface area contributed by atoms with Gasteiger partial charge in [0.05, 0.1) is 5.25 Å². The largest absolute Gasteiger partial charge is 0.325 e. The van der Waals surface area contributed by atoms with Gasteiger partial charge in [0.2, 0.25) is 5.91 Å². The van der Waals surface area contributed by atoms with Crippen LogP contribution in [0.3, 0.4) is 0 Å². The maximum Gasteiger partial charge on any atom is 0.237 e. The van der Waals surface area contributed by atoms with E-state index in [-0.39, 0.29) is 17.0 Å². The van der Waals surface area contributed by atoms with Crippen LogP contribution in [0.2, 0.25) is 0 Å². The molecule has 1 atom stereocenters. The zero-order valence-corrected chi connectivity index (χ0v) is 13.2. The lowest BCUT2D eigenvalue weighted by atomic mass is 10.3. The van der Waals surface area contributed by atoms with E-state index in [4.69, 9.17) is 0 Å². The van der Waals surface area contributed by atoms with Crippen molar-refractivity contribution in [2.75, 3.05) is 5.32 Å². The van der Waals surface area contributed by atoms with Gasteiger partial charge in [-0.15, -0.1) is 11.8 Å². The van der Waals surface area contributed by atoms with Crippen molar-refractivity contribution in [3.8, 4) is 0 Å². The Balaban J connectivity index is 1.99. The Morgan fingerprint density at radius 1 is 1.20 bits per heavy atom. The number of halogens is 2. The molecule has 0 aliphatic rings. The molecular weight excluding hydrogens is 341 g/mol. The molecular formula is C15H13BrFNOS. The van der Waals surface area contributed by atoms with Gasteiger partial charge in [-0.25, -0.2) is 4.39 Å². The van der Waals surface area contributed by atoms with Gasteiger partial charge < -0.3 is 5.32 Å². The lowest BCUT2D eigenvalue weighted by Crippen LogP contribution is -2.22. The van der Waals surface area contributed by atoms with Gasteiger partial charge in [0.15, 0.2) is 0 Å². The third-order valence-corrected chi connectivity index (χ3v) is 4.30. The molecule has 0 radical (unpaired) electrons. The van der Waals surface area contributed by atoms with E-state index in [1.807, 2.05) is 24.3 Å². The number of amides is 1.